The van der Waals surface area contributed by atoms with Gasteiger partial charge in [0.15, 0.2) is 0 Å². The van der Waals surface area contributed by atoms with Crippen LogP contribution in [0.1, 0.15) is 32.6 Å². The molecule has 2 atom stereocenters. The average molecular weight is 239 g/mol. The summed E-state index contributed by atoms with van der Waals surface area (Å²) in [6.07, 6.45) is 4.95. The third-order valence-electron chi connectivity index (χ3n) is 4.51. The lowest BCUT2D eigenvalue weighted by atomic mass is 9.97. The predicted octanol–water partition coefficient (Wildman–Crippen LogP) is 0.680. The Morgan fingerprint density at radius 1 is 1.35 bits per heavy atom. The monoisotopic (exact) mass is 239 g/mol. The fraction of sp³-hybridized carbons (Fsp3) is 0.923. The van der Waals surface area contributed by atoms with Crippen molar-refractivity contribution in [1.29, 1.82) is 0 Å². The predicted molar refractivity (Wildman–Crippen MR) is 68.9 cm³/mol. The van der Waals surface area contributed by atoms with Crippen LogP contribution in [0.3, 0.4) is 0 Å². The summed E-state index contributed by atoms with van der Waals surface area (Å²) in [4.78, 5) is 16.3. The molecule has 0 spiro atoms. The van der Waals surface area contributed by atoms with Crippen LogP contribution in [-0.2, 0) is 4.79 Å². The summed E-state index contributed by atoms with van der Waals surface area (Å²) >= 11 is 0. The minimum atomic E-state index is 0.271. The van der Waals surface area contributed by atoms with E-state index in [1.807, 2.05) is 18.9 Å². The number of likely N-dealkylation sites (N-methyl/N-ethyl adjacent to an activating group) is 1. The summed E-state index contributed by atoms with van der Waals surface area (Å²) in [7, 11) is 3.94. The first-order chi connectivity index (χ1) is 8.15. The number of carbonyl (C=O) groups excluding carboxylic acids is 1. The zero-order chi connectivity index (χ0) is 12.4. The molecular weight excluding hydrogens is 214 g/mol. The highest BCUT2D eigenvalue weighted by atomic mass is 16.2. The normalized spacial score (nSPS) is 32.8. The maximum Gasteiger partial charge on any atom is 0.236 e. The SMILES string of the molecule is CCN(C)C(=O)CN1C2CCC1CC(NC)C2. The van der Waals surface area contributed by atoms with Gasteiger partial charge in [-0.1, -0.05) is 0 Å². The number of hydrogen-bond acceptors (Lipinski definition) is 3. The fourth-order valence-corrected chi connectivity index (χ4v) is 3.22. The van der Waals surface area contributed by atoms with Crippen LogP contribution in [0.5, 0.6) is 0 Å². The molecule has 17 heavy (non-hydrogen) atoms. The Morgan fingerprint density at radius 2 is 1.94 bits per heavy atom. The summed E-state index contributed by atoms with van der Waals surface area (Å²) in [5.74, 6) is 0.271. The Balaban J connectivity index is 1.93. The molecule has 1 N–H and O–H groups in total. The van der Waals surface area contributed by atoms with Crippen LogP contribution in [0, 0.1) is 0 Å². The largest absolute Gasteiger partial charge is 0.345 e. The van der Waals surface area contributed by atoms with Crippen LogP contribution in [0.25, 0.3) is 0 Å². The van der Waals surface area contributed by atoms with Gasteiger partial charge in [0.25, 0.3) is 0 Å². The highest BCUT2D eigenvalue weighted by Crippen LogP contribution is 2.35. The molecule has 0 aliphatic carbocycles. The molecule has 2 heterocycles. The summed E-state index contributed by atoms with van der Waals surface area (Å²) in [6.45, 7) is 3.46. The summed E-state index contributed by atoms with van der Waals surface area (Å²) < 4.78 is 0. The van der Waals surface area contributed by atoms with Gasteiger partial charge in [-0.3, -0.25) is 9.69 Å². The van der Waals surface area contributed by atoms with Crippen LogP contribution >= 0.6 is 0 Å². The maximum atomic E-state index is 12.0. The zero-order valence-electron chi connectivity index (χ0n) is 11.3. The highest BCUT2D eigenvalue weighted by Gasteiger charge is 2.40. The Hall–Kier alpha value is -0.610. The number of piperidine rings is 1. The Kier molecular flexibility index (Phi) is 4.05. The molecule has 2 fully saturated rings. The minimum absolute atomic E-state index is 0.271. The lowest BCUT2D eigenvalue weighted by molar-refractivity contribution is -0.132. The molecule has 2 bridgehead atoms. The maximum absolute atomic E-state index is 12.0. The van der Waals surface area contributed by atoms with Crippen molar-refractivity contribution in [1.82, 2.24) is 15.1 Å². The molecule has 2 rings (SSSR count). The molecule has 2 aliphatic heterocycles. The quantitative estimate of drug-likeness (QED) is 0.783. The highest BCUT2D eigenvalue weighted by molar-refractivity contribution is 5.78. The van der Waals surface area contributed by atoms with Crippen LogP contribution in [0.4, 0.5) is 0 Å². The molecule has 4 heteroatoms. The van der Waals surface area contributed by atoms with Crippen LogP contribution in [0.2, 0.25) is 0 Å². The van der Waals surface area contributed by atoms with Crippen molar-refractivity contribution in [2.75, 3.05) is 27.2 Å². The second-order valence-corrected chi connectivity index (χ2v) is 5.42. The van der Waals surface area contributed by atoms with E-state index in [1.54, 1.807) is 0 Å². The van der Waals surface area contributed by atoms with E-state index in [-0.39, 0.29) is 5.91 Å². The molecule has 0 radical (unpaired) electrons. The van der Waals surface area contributed by atoms with E-state index < -0.39 is 0 Å². The summed E-state index contributed by atoms with van der Waals surface area (Å²) in [5.41, 5.74) is 0. The van der Waals surface area contributed by atoms with Gasteiger partial charge in [0.05, 0.1) is 6.54 Å². The Bertz CT molecular complexity index is 268. The molecule has 4 nitrogen and oxygen atoms in total. The van der Waals surface area contributed by atoms with E-state index >= 15 is 0 Å². The third kappa shape index (κ3) is 2.63. The van der Waals surface area contributed by atoms with E-state index in [4.69, 9.17) is 0 Å². The van der Waals surface area contributed by atoms with Gasteiger partial charge in [0.2, 0.25) is 5.91 Å². The van der Waals surface area contributed by atoms with Crippen LogP contribution in [0.15, 0.2) is 0 Å². The molecule has 2 saturated heterocycles. The lowest BCUT2D eigenvalue weighted by Crippen LogP contribution is -2.51. The number of hydrogen-bond donors (Lipinski definition) is 1. The number of nitrogens with one attached hydrogen (secondary N) is 1. The van der Waals surface area contributed by atoms with Gasteiger partial charge >= 0.3 is 0 Å². The molecular formula is C13H25N3O. The van der Waals surface area contributed by atoms with Gasteiger partial charge in [-0.2, -0.15) is 0 Å². The lowest BCUT2D eigenvalue weighted by Gasteiger charge is -2.39. The first-order valence-corrected chi connectivity index (χ1v) is 6.82. The number of carbonyl (C=O) groups is 1. The van der Waals surface area contributed by atoms with Gasteiger partial charge in [-0.25, -0.2) is 0 Å². The summed E-state index contributed by atoms with van der Waals surface area (Å²) in [6, 6.07) is 1.91. The second kappa shape index (κ2) is 5.36. The zero-order valence-corrected chi connectivity index (χ0v) is 11.3. The topological polar surface area (TPSA) is 35.6 Å². The third-order valence-corrected chi connectivity index (χ3v) is 4.51. The molecule has 0 aromatic heterocycles. The van der Waals surface area contributed by atoms with Gasteiger partial charge in [0, 0.05) is 31.7 Å². The summed E-state index contributed by atoms with van der Waals surface area (Å²) in [5, 5.41) is 3.39. The van der Waals surface area contributed by atoms with E-state index in [0.29, 0.717) is 24.7 Å². The second-order valence-electron chi connectivity index (χ2n) is 5.42. The van der Waals surface area contributed by atoms with Gasteiger partial charge in [0.1, 0.15) is 0 Å². The van der Waals surface area contributed by atoms with Crippen molar-refractivity contribution in [3.05, 3.63) is 0 Å². The number of nitrogens with zero attached hydrogens (tertiary/aromatic N) is 2. The Labute approximate surface area is 104 Å². The van der Waals surface area contributed by atoms with E-state index in [0.717, 1.165) is 6.54 Å². The minimum Gasteiger partial charge on any atom is -0.345 e. The van der Waals surface area contributed by atoms with Crippen molar-refractivity contribution in [2.24, 2.45) is 0 Å². The van der Waals surface area contributed by atoms with Crippen molar-refractivity contribution in [3.63, 3.8) is 0 Å². The van der Waals surface area contributed by atoms with Gasteiger partial charge < -0.3 is 10.2 Å². The molecule has 2 aliphatic rings. The molecule has 1 amide bonds. The van der Waals surface area contributed by atoms with Crippen molar-refractivity contribution >= 4 is 5.91 Å². The molecule has 2 unspecified atom stereocenters. The van der Waals surface area contributed by atoms with Crippen molar-refractivity contribution in [3.8, 4) is 0 Å². The fourth-order valence-electron chi connectivity index (χ4n) is 3.22. The molecule has 0 aromatic carbocycles. The first kappa shape index (κ1) is 12.8. The number of fused-ring (bicyclic) bond motifs is 2. The van der Waals surface area contributed by atoms with E-state index in [9.17, 15) is 4.79 Å². The first-order valence-electron chi connectivity index (χ1n) is 6.82. The van der Waals surface area contributed by atoms with E-state index in [2.05, 4.69) is 17.3 Å². The smallest absolute Gasteiger partial charge is 0.236 e. The van der Waals surface area contributed by atoms with Crippen LogP contribution < -0.4 is 5.32 Å². The van der Waals surface area contributed by atoms with Crippen molar-refractivity contribution in [2.45, 2.75) is 50.7 Å². The van der Waals surface area contributed by atoms with Gasteiger partial charge in [-0.15, -0.1) is 0 Å². The van der Waals surface area contributed by atoms with Gasteiger partial charge in [-0.05, 0) is 39.7 Å². The molecule has 98 valence electrons. The van der Waals surface area contributed by atoms with Crippen molar-refractivity contribution < 1.29 is 4.79 Å². The van der Waals surface area contributed by atoms with Crippen LogP contribution in [-0.4, -0.2) is 61.0 Å². The standard InChI is InChI=1S/C13H25N3O/c1-4-15(3)13(17)9-16-11-5-6-12(16)8-10(7-11)14-2/h10-12,14H,4-9H2,1-3H3. The molecule has 0 saturated carbocycles. The number of rotatable bonds is 4. The Morgan fingerprint density at radius 3 is 2.41 bits per heavy atom. The average Bonchev–Trinajstić information content (AvgIpc) is 2.59. The van der Waals surface area contributed by atoms with E-state index in [1.165, 1.54) is 25.7 Å². The number of amides is 1. The molecule has 0 aromatic rings.